The van der Waals surface area contributed by atoms with E-state index < -0.39 is 5.82 Å². The lowest BCUT2D eigenvalue weighted by atomic mass is 10.0. The van der Waals surface area contributed by atoms with Crippen molar-refractivity contribution in [1.82, 2.24) is 5.32 Å². The second kappa shape index (κ2) is 5.88. The molecule has 19 heavy (non-hydrogen) atoms. The molecule has 0 aromatic heterocycles. The van der Waals surface area contributed by atoms with Crippen LogP contribution in [0.5, 0.6) is 0 Å². The van der Waals surface area contributed by atoms with Crippen LogP contribution in [-0.4, -0.2) is 24.5 Å². The van der Waals surface area contributed by atoms with Crippen LogP contribution in [0.15, 0.2) is 18.2 Å². The van der Waals surface area contributed by atoms with E-state index in [9.17, 15) is 9.18 Å². The van der Waals surface area contributed by atoms with E-state index in [2.05, 4.69) is 5.32 Å². The SMILES string of the molecule is CC(C)NC1CCCN(c2cc(Cl)ccc2F)C1=O. The van der Waals surface area contributed by atoms with Crippen molar-refractivity contribution in [2.24, 2.45) is 0 Å². The molecule has 0 saturated carbocycles. The number of piperidine rings is 1. The maximum absolute atomic E-state index is 13.8. The molecule has 0 radical (unpaired) electrons. The molecule has 1 aliphatic heterocycles. The number of nitrogens with zero attached hydrogens (tertiary/aromatic N) is 1. The van der Waals surface area contributed by atoms with Gasteiger partial charge in [-0.25, -0.2) is 4.39 Å². The molecule has 2 rings (SSSR count). The second-order valence-corrected chi connectivity index (χ2v) is 5.54. The summed E-state index contributed by atoms with van der Waals surface area (Å²) in [5.41, 5.74) is 0.271. The summed E-state index contributed by atoms with van der Waals surface area (Å²) in [6.07, 6.45) is 1.64. The van der Waals surface area contributed by atoms with E-state index in [4.69, 9.17) is 11.6 Å². The monoisotopic (exact) mass is 284 g/mol. The molecule has 1 fully saturated rings. The number of benzene rings is 1. The Hall–Kier alpha value is -1.13. The third-order valence-electron chi connectivity index (χ3n) is 3.17. The molecule has 1 aromatic rings. The average Bonchev–Trinajstić information content (AvgIpc) is 2.35. The first-order valence-corrected chi connectivity index (χ1v) is 6.89. The molecule has 1 N–H and O–H groups in total. The summed E-state index contributed by atoms with van der Waals surface area (Å²) in [7, 11) is 0. The van der Waals surface area contributed by atoms with Gasteiger partial charge in [0.1, 0.15) is 5.82 Å². The van der Waals surface area contributed by atoms with Gasteiger partial charge < -0.3 is 10.2 Å². The second-order valence-electron chi connectivity index (χ2n) is 5.10. The minimum absolute atomic E-state index is 0.0823. The van der Waals surface area contributed by atoms with Gasteiger partial charge in [0.2, 0.25) is 5.91 Å². The van der Waals surface area contributed by atoms with Crippen LogP contribution >= 0.6 is 11.6 Å². The minimum Gasteiger partial charge on any atom is -0.308 e. The predicted octanol–water partition coefficient (Wildman–Crippen LogP) is 2.97. The first kappa shape index (κ1) is 14.3. The Bertz CT molecular complexity index is 479. The highest BCUT2D eigenvalue weighted by molar-refractivity contribution is 6.31. The first-order valence-electron chi connectivity index (χ1n) is 6.51. The zero-order chi connectivity index (χ0) is 14.0. The summed E-state index contributed by atoms with van der Waals surface area (Å²) >= 11 is 5.88. The predicted molar refractivity (Wildman–Crippen MR) is 75.1 cm³/mol. The van der Waals surface area contributed by atoms with Gasteiger partial charge in [0.15, 0.2) is 0 Å². The van der Waals surface area contributed by atoms with E-state index in [0.717, 1.165) is 12.8 Å². The van der Waals surface area contributed by atoms with Crippen LogP contribution in [0.3, 0.4) is 0 Å². The standard InChI is InChI=1S/C14H18ClFN2O/c1-9(2)17-12-4-3-7-18(14(12)19)13-8-10(15)5-6-11(13)16/h5-6,8-9,12,17H,3-4,7H2,1-2H3. The van der Waals surface area contributed by atoms with Crippen LogP contribution in [-0.2, 0) is 4.79 Å². The third-order valence-corrected chi connectivity index (χ3v) is 3.41. The lowest BCUT2D eigenvalue weighted by Crippen LogP contribution is -2.52. The summed E-state index contributed by atoms with van der Waals surface area (Å²) in [6.45, 7) is 4.52. The fourth-order valence-electron chi connectivity index (χ4n) is 2.36. The van der Waals surface area contributed by atoms with Crippen molar-refractivity contribution in [3.05, 3.63) is 29.0 Å². The number of hydrogen-bond acceptors (Lipinski definition) is 2. The molecule has 1 saturated heterocycles. The summed E-state index contributed by atoms with van der Waals surface area (Å²) in [5, 5.41) is 3.65. The van der Waals surface area contributed by atoms with Crippen LogP contribution < -0.4 is 10.2 Å². The largest absolute Gasteiger partial charge is 0.308 e. The van der Waals surface area contributed by atoms with Gasteiger partial charge in [-0.15, -0.1) is 0 Å². The highest BCUT2D eigenvalue weighted by atomic mass is 35.5. The van der Waals surface area contributed by atoms with E-state index in [1.54, 1.807) is 0 Å². The first-order chi connectivity index (χ1) is 8.99. The minimum atomic E-state index is -0.414. The number of anilines is 1. The molecule has 1 aliphatic rings. The number of hydrogen-bond donors (Lipinski definition) is 1. The molecule has 1 aromatic carbocycles. The van der Waals surface area contributed by atoms with Crippen LogP contribution in [0.2, 0.25) is 5.02 Å². The molecule has 5 heteroatoms. The van der Waals surface area contributed by atoms with E-state index in [1.807, 2.05) is 13.8 Å². The van der Waals surface area contributed by atoms with Crippen LogP contribution in [0.1, 0.15) is 26.7 Å². The van der Waals surface area contributed by atoms with Crippen molar-refractivity contribution in [2.45, 2.75) is 38.8 Å². The van der Waals surface area contributed by atoms with Gasteiger partial charge in [0, 0.05) is 17.6 Å². The van der Waals surface area contributed by atoms with Gasteiger partial charge in [-0.3, -0.25) is 4.79 Å². The van der Waals surface area contributed by atoms with Crippen LogP contribution in [0.4, 0.5) is 10.1 Å². The smallest absolute Gasteiger partial charge is 0.244 e. The molecule has 1 unspecified atom stereocenters. The van der Waals surface area contributed by atoms with Crippen molar-refractivity contribution in [3.63, 3.8) is 0 Å². The number of carbonyl (C=O) groups is 1. The molecule has 0 aliphatic carbocycles. The molecule has 3 nitrogen and oxygen atoms in total. The average molecular weight is 285 g/mol. The highest BCUT2D eigenvalue weighted by Gasteiger charge is 2.31. The Balaban J connectivity index is 2.24. The number of rotatable bonds is 3. The van der Waals surface area contributed by atoms with E-state index in [-0.39, 0.29) is 23.7 Å². The number of halogens is 2. The van der Waals surface area contributed by atoms with Gasteiger partial charge in [0.05, 0.1) is 11.7 Å². The summed E-state index contributed by atoms with van der Waals surface area (Å²) < 4.78 is 13.8. The van der Waals surface area contributed by atoms with Crippen molar-refractivity contribution in [3.8, 4) is 0 Å². The highest BCUT2D eigenvalue weighted by Crippen LogP contribution is 2.27. The lowest BCUT2D eigenvalue weighted by molar-refractivity contribution is -0.122. The van der Waals surface area contributed by atoms with Crippen molar-refractivity contribution in [1.29, 1.82) is 0 Å². The summed E-state index contributed by atoms with van der Waals surface area (Å²) in [4.78, 5) is 13.9. The Kier molecular flexibility index (Phi) is 4.42. The third kappa shape index (κ3) is 3.25. The van der Waals surface area contributed by atoms with Crippen molar-refractivity contribution >= 4 is 23.2 Å². The molecule has 1 amide bonds. The molecule has 1 atom stereocenters. The number of amides is 1. The molecule has 104 valence electrons. The maximum atomic E-state index is 13.8. The fraction of sp³-hybridized carbons (Fsp3) is 0.500. The van der Waals surface area contributed by atoms with Crippen LogP contribution in [0, 0.1) is 5.82 Å². The zero-order valence-electron chi connectivity index (χ0n) is 11.1. The van der Waals surface area contributed by atoms with E-state index in [0.29, 0.717) is 11.6 Å². The van der Waals surface area contributed by atoms with Gasteiger partial charge in [-0.2, -0.15) is 0 Å². The zero-order valence-corrected chi connectivity index (χ0v) is 11.9. The Morgan fingerprint density at radius 3 is 2.89 bits per heavy atom. The number of nitrogens with one attached hydrogen (secondary N) is 1. The van der Waals surface area contributed by atoms with E-state index >= 15 is 0 Å². The molecule has 0 spiro atoms. The Morgan fingerprint density at radius 1 is 1.47 bits per heavy atom. The topological polar surface area (TPSA) is 32.3 Å². The maximum Gasteiger partial charge on any atom is 0.244 e. The Labute approximate surface area is 117 Å². The van der Waals surface area contributed by atoms with Gasteiger partial charge in [0.25, 0.3) is 0 Å². The van der Waals surface area contributed by atoms with Gasteiger partial charge in [-0.1, -0.05) is 25.4 Å². The quantitative estimate of drug-likeness (QED) is 0.925. The lowest BCUT2D eigenvalue weighted by Gasteiger charge is -2.33. The molecule has 0 bridgehead atoms. The Morgan fingerprint density at radius 2 is 2.21 bits per heavy atom. The fourth-order valence-corrected chi connectivity index (χ4v) is 2.53. The normalized spacial score (nSPS) is 20.2. The summed E-state index contributed by atoms with van der Waals surface area (Å²) in [6, 6.07) is 4.26. The van der Waals surface area contributed by atoms with Crippen molar-refractivity contribution in [2.75, 3.05) is 11.4 Å². The molecular formula is C14H18ClFN2O. The molecular weight excluding hydrogens is 267 g/mol. The van der Waals surface area contributed by atoms with Crippen molar-refractivity contribution < 1.29 is 9.18 Å². The van der Waals surface area contributed by atoms with Gasteiger partial charge in [-0.05, 0) is 31.0 Å². The van der Waals surface area contributed by atoms with Gasteiger partial charge >= 0.3 is 0 Å². The molecule has 1 heterocycles. The van der Waals surface area contributed by atoms with Crippen LogP contribution in [0.25, 0.3) is 0 Å². The number of carbonyl (C=O) groups excluding carboxylic acids is 1. The summed E-state index contributed by atoms with van der Waals surface area (Å²) in [5.74, 6) is -0.496. The van der Waals surface area contributed by atoms with E-state index in [1.165, 1.54) is 23.1 Å².